The Kier molecular flexibility index (Phi) is 2.93. The Morgan fingerprint density at radius 1 is 1.60 bits per heavy atom. The van der Waals surface area contributed by atoms with Crippen LogP contribution >= 0.6 is 11.6 Å². The molecular formula is C11H18BO2S. The zero-order valence-electron chi connectivity index (χ0n) is 9.71. The summed E-state index contributed by atoms with van der Waals surface area (Å²) in [6.45, 7) is 6.27. The lowest BCUT2D eigenvalue weighted by molar-refractivity contribution is -0.127. The third kappa shape index (κ3) is 1.48. The van der Waals surface area contributed by atoms with Gasteiger partial charge in [0.15, 0.2) is 0 Å². The molecule has 2 rings (SSSR count). The molecule has 0 aromatic heterocycles. The van der Waals surface area contributed by atoms with E-state index in [9.17, 15) is 4.79 Å². The molecule has 2 aliphatic carbocycles. The molecule has 83 valence electrons. The number of rotatable bonds is 4. The van der Waals surface area contributed by atoms with Gasteiger partial charge in [0.25, 0.3) is 0 Å². The molecule has 0 N–H and O–H groups in total. The molecule has 4 heteroatoms. The van der Waals surface area contributed by atoms with Gasteiger partial charge >= 0.3 is 6.76 Å². The van der Waals surface area contributed by atoms with E-state index >= 15 is 0 Å². The molecule has 0 aromatic rings. The fraction of sp³-hybridized carbons (Fsp3) is 0.909. The summed E-state index contributed by atoms with van der Waals surface area (Å²) in [6, 6.07) is 0. The minimum atomic E-state index is -0.0721. The quantitative estimate of drug-likeness (QED) is 0.542. The maximum absolute atomic E-state index is 12.1. The van der Waals surface area contributed by atoms with Crippen molar-refractivity contribution in [2.75, 3.05) is 12.9 Å². The number of Topliss-reactive ketones (excluding diaryl/α,β-unsaturated/α-hetero) is 1. The normalized spacial score (nSPS) is 37.3. The maximum Gasteiger partial charge on any atom is 0.371 e. The predicted molar refractivity (Wildman–Crippen MR) is 63.8 cm³/mol. The highest BCUT2D eigenvalue weighted by Crippen LogP contribution is 2.64. The van der Waals surface area contributed by atoms with E-state index < -0.39 is 0 Å². The number of carbonyl (C=O) groups is 1. The third-order valence-corrected chi connectivity index (χ3v) is 5.62. The zero-order valence-corrected chi connectivity index (χ0v) is 10.5. The SMILES string of the molecule is CO[B]SCC12CCC(CC1=O)C2(C)C. The van der Waals surface area contributed by atoms with Gasteiger partial charge in [-0.3, -0.25) is 4.79 Å². The van der Waals surface area contributed by atoms with Gasteiger partial charge in [-0.2, -0.15) is 11.6 Å². The van der Waals surface area contributed by atoms with Crippen molar-refractivity contribution in [3.8, 4) is 0 Å². The van der Waals surface area contributed by atoms with Crippen LogP contribution in [-0.2, 0) is 9.45 Å². The Labute approximate surface area is 96.7 Å². The number of hydrogen-bond donors (Lipinski definition) is 0. The van der Waals surface area contributed by atoms with Gasteiger partial charge in [-0.25, -0.2) is 0 Å². The van der Waals surface area contributed by atoms with Crippen LogP contribution in [0.2, 0.25) is 0 Å². The lowest BCUT2D eigenvalue weighted by Crippen LogP contribution is -2.38. The molecule has 0 aliphatic heterocycles. The molecule has 2 bridgehead atoms. The van der Waals surface area contributed by atoms with Crippen LogP contribution < -0.4 is 0 Å². The molecule has 0 saturated heterocycles. The van der Waals surface area contributed by atoms with E-state index in [1.807, 2.05) is 0 Å². The molecule has 2 unspecified atom stereocenters. The minimum absolute atomic E-state index is 0.0721. The van der Waals surface area contributed by atoms with Crippen molar-refractivity contribution in [1.29, 1.82) is 0 Å². The summed E-state index contributed by atoms with van der Waals surface area (Å²) in [5.41, 5.74) is 0.121. The van der Waals surface area contributed by atoms with Gasteiger partial charge in [0.1, 0.15) is 5.78 Å². The summed E-state index contributed by atoms with van der Waals surface area (Å²) in [5.74, 6) is 2.00. The summed E-state index contributed by atoms with van der Waals surface area (Å²) in [4.78, 5) is 12.1. The monoisotopic (exact) mass is 225 g/mol. The second-order valence-electron chi connectivity index (χ2n) is 5.31. The predicted octanol–water partition coefficient (Wildman–Crippen LogP) is 2.30. The minimum Gasteiger partial charge on any atom is -0.431 e. The van der Waals surface area contributed by atoms with Crippen LogP contribution in [0.1, 0.15) is 33.1 Å². The highest BCUT2D eigenvalue weighted by molar-refractivity contribution is 8.21. The largest absolute Gasteiger partial charge is 0.431 e. The number of carbonyl (C=O) groups excluding carboxylic acids is 1. The average Bonchev–Trinajstić information content (AvgIpc) is 2.52. The van der Waals surface area contributed by atoms with Crippen molar-refractivity contribution in [3.05, 3.63) is 0 Å². The van der Waals surface area contributed by atoms with E-state index in [-0.39, 0.29) is 10.8 Å². The molecule has 2 nitrogen and oxygen atoms in total. The smallest absolute Gasteiger partial charge is 0.371 e. The van der Waals surface area contributed by atoms with Crippen LogP contribution in [0, 0.1) is 16.7 Å². The molecule has 2 saturated carbocycles. The first-order valence-electron chi connectivity index (χ1n) is 5.54. The molecule has 2 aliphatic rings. The Morgan fingerprint density at radius 3 is 2.80 bits per heavy atom. The van der Waals surface area contributed by atoms with Crippen molar-refractivity contribution < 1.29 is 9.45 Å². The van der Waals surface area contributed by atoms with Crippen LogP contribution in [0.15, 0.2) is 0 Å². The van der Waals surface area contributed by atoms with Gasteiger partial charge in [-0.1, -0.05) is 13.8 Å². The summed E-state index contributed by atoms with van der Waals surface area (Å²) in [6.07, 6.45) is 3.11. The Bertz CT molecular complexity index is 280. The topological polar surface area (TPSA) is 26.3 Å². The maximum atomic E-state index is 12.1. The average molecular weight is 225 g/mol. The Balaban J connectivity index is 2.13. The number of ketones is 1. The van der Waals surface area contributed by atoms with Crippen molar-refractivity contribution >= 4 is 24.2 Å². The van der Waals surface area contributed by atoms with Crippen LogP contribution in [-0.4, -0.2) is 25.4 Å². The van der Waals surface area contributed by atoms with Gasteiger partial charge in [-0.15, -0.1) is 0 Å². The van der Waals surface area contributed by atoms with Crippen LogP contribution in [0.3, 0.4) is 0 Å². The fourth-order valence-corrected chi connectivity index (χ4v) is 4.52. The molecule has 1 radical (unpaired) electrons. The van der Waals surface area contributed by atoms with Gasteiger partial charge in [-0.05, 0) is 29.9 Å². The van der Waals surface area contributed by atoms with Crippen molar-refractivity contribution in [2.24, 2.45) is 16.7 Å². The van der Waals surface area contributed by atoms with Gasteiger partial charge in [0, 0.05) is 18.9 Å². The molecule has 0 aromatic carbocycles. The van der Waals surface area contributed by atoms with Crippen molar-refractivity contribution in [1.82, 2.24) is 0 Å². The molecule has 0 amide bonds. The first-order valence-corrected chi connectivity index (χ1v) is 6.59. The molecule has 2 atom stereocenters. The van der Waals surface area contributed by atoms with E-state index in [1.54, 1.807) is 25.5 Å². The fourth-order valence-electron chi connectivity index (χ4n) is 3.35. The molecule has 0 spiro atoms. The Morgan fingerprint density at radius 2 is 2.33 bits per heavy atom. The lowest BCUT2D eigenvalue weighted by atomic mass is 9.70. The second-order valence-corrected chi connectivity index (χ2v) is 6.12. The molecular weight excluding hydrogens is 207 g/mol. The van der Waals surface area contributed by atoms with Gasteiger partial charge in [0.05, 0.1) is 0 Å². The molecule has 0 heterocycles. The number of fused-ring (bicyclic) bond motifs is 2. The summed E-state index contributed by atoms with van der Waals surface area (Å²) >= 11 is 1.64. The molecule has 2 fully saturated rings. The second kappa shape index (κ2) is 3.81. The third-order valence-electron chi connectivity index (χ3n) is 4.63. The van der Waals surface area contributed by atoms with E-state index in [1.165, 1.54) is 6.42 Å². The van der Waals surface area contributed by atoms with Crippen LogP contribution in [0.25, 0.3) is 0 Å². The van der Waals surface area contributed by atoms with E-state index in [0.29, 0.717) is 11.7 Å². The van der Waals surface area contributed by atoms with Gasteiger partial charge in [0.2, 0.25) is 0 Å². The van der Waals surface area contributed by atoms with Gasteiger partial charge < -0.3 is 4.65 Å². The van der Waals surface area contributed by atoms with Crippen LogP contribution in [0.4, 0.5) is 0 Å². The lowest BCUT2D eigenvalue weighted by Gasteiger charge is -2.36. The zero-order chi connectivity index (χ0) is 11.1. The highest BCUT2D eigenvalue weighted by atomic mass is 32.2. The molecule has 15 heavy (non-hydrogen) atoms. The van der Waals surface area contributed by atoms with E-state index in [0.717, 1.165) is 18.6 Å². The summed E-state index contributed by atoms with van der Waals surface area (Å²) < 4.78 is 4.93. The van der Waals surface area contributed by atoms with E-state index in [2.05, 4.69) is 13.8 Å². The first-order chi connectivity index (χ1) is 7.04. The summed E-state index contributed by atoms with van der Waals surface area (Å²) in [5, 5.41) is 0. The van der Waals surface area contributed by atoms with E-state index in [4.69, 9.17) is 4.65 Å². The van der Waals surface area contributed by atoms with Crippen molar-refractivity contribution in [2.45, 2.75) is 33.1 Å². The van der Waals surface area contributed by atoms with Crippen LogP contribution in [0.5, 0.6) is 0 Å². The number of hydrogen-bond acceptors (Lipinski definition) is 3. The standard InChI is InChI=1S/C11H18BO2S/c1-10(2)8-4-5-11(10,9(13)6-8)7-15-12-14-3/h8H,4-7H2,1-3H3. The highest BCUT2D eigenvalue weighted by Gasteiger charge is 2.63. The first kappa shape index (κ1) is 11.5. The van der Waals surface area contributed by atoms with Crippen molar-refractivity contribution in [3.63, 3.8) is 0 Å². The Hall–Kier alpha value is 0.0449. The summed E-state index contributed by atoms with van der Waals surface area (Å²) in [7, 11) is 1.66.